The van der Waals surface area contributed by atoms with E-state index < -0.39 is 30.3 Å². The number of nitrogens with zero attached hydrogens (tertiary/aromatic N) is 4. The van der Waals surface area contributed by atoms with Crippen molar-refractivity contribution in [2.45, 2.75) is 12.8 Å². The number of amides is 2. The van der Waals surface area contributed by atoms with Gasteiger partial charge < -0.3 is 14.5 Å². The smallest absolute Gasteiger partial charge is 0.416 e. The maximum absolute atomic E-state index is 14.0. The molecule has 1 fully saturated rings. The molecule has 8 nitrogen and oxygen atoms in total. The van der Waals surface area contributed by atoms with E-state index in [4.69, 9.17) is 4.74 Å². The van der Waals surface area contributed by atoms with Crippen LogP contribution in [0.2, 0.25) is 0 Å². The van der Waals surface area contributed by atoms with Crippen LogP contribution >= 0.6 is 0 Å². The minimum Gasteiger partial charge on any atom is -0.444 e. The van der Waals surface area contributed by atoms with Gasteiger partial charge in [0, 0.05) is 42.9 Å². The standard InChI is InChI=1S/C22H17F4N5O3/c23-17-6-16(22(24,25)26)3-1-13(17)11-34-21(33)31-9-14-7-30(8-15(14)10-31)20(32)12-2-4-18-19(5-12)28-29-27-18/h1-7,15H,8-11H2,(H,27,28,29)/t15-/m0/s1. The van der Waals surface area contributed by atoms with Gasteiger partial charge in [-0.1, -0.05) is 6.07 Å². The van der Waals surface area contributed by atoms with Crippen LogP contribution in [0.1, 0.15) is 21.5 Å². The Bertz CT molecular complexity index is 1320. The summed E-state index contributed by atoms with van der Waals surface area (Å²) in [6.45, 7) is 0.456. The summed E-state index contributed by atoms with van der Waals surface area (Å²) in [5.74, 6) is -1.35. The van der Waals surface area contributed by atoms with Gasteiger partial charge in [0.1, 0.15) is 23.5 Å². The first kappa shape index (κ1) is 21.9. The van der Waals surface area contributed by atoms with Gasteiger partial charge in [-0.3, -0.25) is 4.79 Å². The number of carbonyl (C=O) groups excluding carboxylic acids is 2. The Kier molecular flexibility index (Phi) is 5.22. The molecule has 3 aromatic rings. The number of H-pyrrole nitrogens is 1. The summed E-state index contributed by atoms with van der Waals surface area (Å²) >= 11 is 0. The second kappa shape index (κ2) is 8.12. The number of ether oxygens (including phenoxy) is 1. The second-order valence-corrected chi connectivity index (χ2v) is 8.12. The van der Waals surface area contributed by atoms with Gasteiger partial charge in [0.2, 0.25) is 0 Å². The molecule has 0 radical (unpaired) electrons. The Hall–Kier alpha value is -3.96. The summed E-state index contributed by atoms with van der Waals surface area (Å²) in [5, 5.41) is 10.4. The molecule has 1 saturated heterocycles. The Labute approximate surface area is 189 Å². The van der Waals surface area contributed by atoms with E-state index in [0.29, 0.717) is 35.8 Å². The minimum absolute atomic E-state index is 0.0601. The van der Waals surface area contributed by atoms with Crippen molar-refractivity contribution in [3.63, 3.8) is 0 Å². The normalized spacial score (nSPS) is 17.8. The minimum atomic E-state index is -4.66. The number of carbonyl (C=O) groups is 2. The number of hydrogen-bond acceptors (Lipinski definition) is 5. The number of aromatic amines is 1. The summed E-state index contributed by atoms with van der Waals surface area (Å²) in [7, 11) is 0. The van der Waals surface area contributed by atoms with E-state index >= 15 is 0 Å². The lowest BCUT2D eigenvalue weighted by molar-refractivity contribution is -0.137. The Balaban J connectivity index is 1.19. The maximum atomic E-state index is 14.0. The third kappa shape index (κ3) is 4.06. The molecule has 1 atom stereocenters. The Morgan fingerprint density at radius 2 is 1.88 bits per heavy atom. The molecule has 1 N–H and O–H groups in total. The molecule has 176 valence electrons. The first-order chi connectivity index (χ1) is 16.2. The number of benzene rings is 2. The van der Waals surface area contributed by atoms with E-state index in [-0.39, 0.29) is 23.9 Å². The summed E-state index contributed by atoms with van der Waals surface area (Å²) in [6, 6.07) is 7.09. The van der Waals surface area contributed by atoms with Gasteiger partial charge in [-0.2, -0.15) is 28.6 Å². The zero-order chi connectivity index (χ0) is 24.0. The Morgan fingerprint density at radius 1 is 1.09 bits per heavy atom. The lowest BCUT2D eigenvalue weighted by Crippen LogP contribution is -2.33. The second-order valence-electron chi connectivity index (χ2n) is 8.12. The summed E-state index contributed by atoms with van der Waals surface area (Å²) in [6.07, 6.45) is -3.65. The van der Waals surface area contributed by atoms with Crippen molar-refractivity contribution in [3.05, 3.63) is 70.7 Å². The van der Waals surface area contributed by atoms with Crippen LogP contribution in [0.4, 0.5) is 22.4 Å². The number of hydrogen-bond donors (Lipinski definition) is 1. The van der Waals surface area contributed by atoms with Gasteiger partial charge in [-0.25, -0.2) is 9.18 Å². The summed E-state index contributed by atoms with van der Waals surface area (Å²) < 4.78 is 57.0. The first-order valence-electron chi connectivity index (χ1n) is 10.3. The number of likely N-dealkylation sites (tertiary alicyclic amines) is 1. The molecule has 5 rings (SSSR count). The molecule has 2 aromatic carbocycles. The summed E-state index contributed by atoms with van der Waals surface area (Å²) in [5.41, 5.74) is 1.32. The zero-order valence-corrected chi connectivity index (χ0v) is 17.5. The van der Waals surface area contributed by atoms with E-state index in [9.17, 15) is 27.2 Å². The maximum Gasteiger partial charge on any atom is 0.416 e. The number of halogens is 4. The highest BCUT2D eigenvalue weighted by molar-refractivity contribution is 5.98. The molecule has 2 amide bonds. The van der Waals surface area contributed by atoms with Crippen LogP contribution in [-0.2, 0) is 17.5 Å². The molecule has 3 heterocycles. The molecule has 0 spiro atoms. The molecule has 1 aromatic heterocycles. The molecular formula is C22H17F4N5O3. The highest BCUT2D eigenvalue weighted by Gasteiger charge is 2.38. The fraction of sp³-hybridized carbons (Fsp3) is 0.273. The molecule has 0 unspecified atom stereocenters. The van der Waals surface area contributed by atoms with Gasteiger partial charge in [-0.15, -0.1) is 0 Å². The molecular weight excluding hydrogens is 458 g/mol. The van der Waals surface area contributed by atoms with Crippen molar-refractivity contribution < 1.29 is 31.9 Å². The van der Waals surface area contributed by atoms with E-state index in [1.54, 1.807) is 29.3 Å². The number of nitrogens with one attached hydrogen (secondary N) is 1. The summed E-state index contributed by atoms with van der Waals surface area (Å²) in [4.78, 5) is 28.3. The van der Waals surface area contributed by atoms with Crippen molar-refractivity contribution in [2.24, 2.45) is 5.92 Å². The predicted octanol–water partition coefficient (Wildman–Crippen LogP) is 3.72. The van der Waals surface area contributed by atoms with Crippen LogP contribution in [0, 0.1) is 11.7 Å². The fourth-order valence-corrected chi connectivity index (χ4v) is 4.10. The van der Waals surface area contributed by atoms with Gasteiger partial charge in [0.05, 0.1) is 5.56 Å². The number of aromatic nitrogens is 3. The fourth-order valence-electron chi connectivity index (χ4n) is 4.10. The SMILES string of the molecule is O=C(c1ccc2n[nH]nc2c1)N1C=C2CN(C(=O)OCc3ccc(C(F)(F)F)cc3F)C[C@@H]2C1. The lowest BCUT2D eigenvalue weighted by atomic mass is 10.1. The Morgan fingerprint density at radius 3 is 2.62 bits per heavy atom. The van der Waals surface area contributed by atoms with Crippen molar-refractivity contribution in [2.75, 3.05) is 19.6 Å². The van der Waals surface area contributed by atoms with Crippen LogP contribution in [0.5, 0.6) is 0 Å². The third-order valence-corrected chi connectivity index (χ3v) is 5.89. The molecule has 2 aliphatic rings. The topological polar surface area (TPSA) is 91.4 Å². The number of fused-ring (bicyclic) bond motifs is 2. The van der Waals surface area contributed by atoms with Crippen LogP contribution in [0.25, 0.3) is 11.0 Å². The van der Waals surface area contributed by atoms with Gasteiger partial charge in [-0.05, 0) is 35.9 Å². The molecule has 0 saturated carbocycles. The molecule has 12 heteroatoms. The van der Waals surface area contributed by atoms with E-state index in [2.05, 4.69) is 15.4 Å². The lowest BCUT2D eigenvalue weighted by Gasteiger charge is -2.20. The molecule has 0 aliphatic carbocycles. The number of alkyl halides is 3. The average Bonchev–Trinajstić information content (AvgIpc) is 3.51. The molecule has 34 heavy (non-hydrogen) atoms. The molecule has 2 aliphatic heterocycles. The van der Waals surface area contributed by atoms with Crippen LogP contribution < -0.4 is 0 Å². The highest BCUT2D eigenvalue weighted by atomic mass is 19.4. The van der Waals surface area contributed by atoms with Crippen LogP contribution in [0.15, 0.2) is 48.2 Å². The van der Waals surface area contributed by atoms with E-state index in [1.165, 1.54) is 4.90 Å². The highest BCUT2D eigenvalue weighted by Crippen LogP contribution is 2.32. The van der Waals surface area contributed by atoms with Gasteiger partial charge in [0.15, 0.2) is 0 Å². The van der Waals surface area contributed by atoms with Crippen molar-refractivity contribution >= 4 is 23.0 Å². The monoisotopic (exact) mass is 475 g/mol. The average molecular weight is 475 g/mol. The molecule has 0 bridgehead atoms. The van der Waals surface area contributed by atoms with Crippen molar-refractivity contribution in [3.8, 4) is 0 Å². The van der Waals surface area contributed by atoms with Gasteiger partial charge >= 0.3 is 12.3 Å². The van der Waals surface area contributed by atoms with Crippen molar-refractivity contribution in [1.29, 1.82) is 0 Å². The van der Waals surface area contributed by atoms with E-state index in [1.807, 2.05) is 0 Å². The third-order valence-electron chi connectivity index (χ3n) is 5.89. The van der Waals surface area contributed by atoms with Crippen molar-refractivity contribution in [1.82, 2.24) is 25.2 Å². The predicted molar refractivity (Wildman–Crippen MR) is 110 cm³/mol. The van der Waals surface area contributed by atoms with Crippen LogP contribution in [-0.4, -0.2) is 56.8 Å². The largest absolute Gasteiger partial charge is 0.444 e. The van der Waals surface area contributed by atoms with Crippen LogP contribution in [0.3, 0.4) is 0 Å². The first-order valence-corrected chi connectivity index (χ1v) is 10.3. The zero-order valence-electron chi connectivity index (χ0n) is 17.5. The quantitative estimate of drug-likeness (QED) is 0.583. The number of rotatable bonds is 3. The van der Waals surface area contributed by atoms with Gasteiger partial charge in [0.25, 0.3) is 5.91 Å². The van der Waals surface area contributed by atoms with E-state index in [0.717, 1.165) is 17.7 Å².